The van der Waals surface area contributed by atoms with E-state index in [1.165, 1.54) is 24.4 Å². The van der Waals surface area contributed by atoms with Crippen molar-refractivity contribution < 1.29 is 13.9 Å². The van der Waals surface area contributed by atoms with E-state index in [4.69, 9.17) is 39.5 Å². The number of nitrogens with one attached hydrogen (secondary N) is 4. The molecular formula is C38H32Cl3FN8O2. The van der Waals surface area contributed by atoms with Crippen molar-refractivity contribution in [3.05, 3.63) is 141 Å². The molecular weight excluding hydrogens is 726 g/mol. The highest BCUT2D eigenvalue weighted by Gasteiger charge is 2.31. The fraction of sp³-hybridized carbons (Fsp3) is 0.184. The number of nitrogens with zero attached hydrogens (tertiary/aromatic N) is 4. The molecule has 52 heavy (non-hydrogen) atoms. The van der Waals surface area contributed by atoms with E-state index in [1.807, 2.05) is 71.9 Å². The van der Waals surface area contributed by atoms with Crippen LogP contribution < -0.4 is 21.6 Å². The summed E-state index contributed by atoms with van der Waals surface area (Å²) in [4.78, 5) is 19.0. The molecule has 14 heteroatoms. The van der Waals surface area contributed by atoms with Crippen LogP contribution in [0.25, 0.3) is 10.9 Å². The number of hydrogen-bond acceptors (Lipinski definition) is 9. The number of carbonyl (C=O) groups excluding carboxylic acids is 1. The number of halogens is 4. The Labute approximate surface area is 314 Å². The molecule has 0 spiro atoms. The molecule has 1 fully saturated rings. The van der Waals surface area contributed by atoms with Gasteiger partial charge in [0.1, 0.15) is 18.5 Å². The summed E-state index contributed by atoms with van der Waals surface area (Å²) in [7, 11) is 0. The molecule has 0 saturated carbocycles. The summed E-state index contributed by atoms with van der Waals surface area (Å²) >= 11 is 19.1. The van der Waals surface area contributed by atoms with Gasteiger partial charge < -0.3 is 25.7 Å². The highest BCUT2D eigenvalue weighted by Crippen LogP contribution is 2.37. The van der Waals surface area contributed by atoms with Crippen molar-refractivity contribution >= 4 is 68.9 Å². The maximum Gasteiger partial charge on any atom is 0.410 e. The number of rotatable bonds is 9. The number of anilines is 3. The number of likely N-dealkylation sites (tertiary alicyclic amines) is 1. The quantitative estimate of drug-likeness (QED) is 0.117. The van der Waals surface area contributed by atoms with Crippen LogP contribution in [0.1, 0.15) is 35.6 Å². The fourth-order valence-corrected chi connectivity index (χ4v) is 6.84. The van der Waals surface area contributed by atoms with Gasteiger partial charge in [0.25, 0.3) is 0 Å². The monoisotopic (exact) mass is 756 g/mol. The summed E-state index contributed by atoms with van der Waals surface area (Å²) in [6, 6.07) is 26.9. The zero-order valence-corrected chi connectivity index (χ0v) is 29.8. The Balaban J connectivity index is 1.12. The normalized spacial score (nSPS) is 15.1. The topological polar surface area (TPSA) is 118 Å². The summed E-state index contributed by atoms with van der Waals surface area (Å²) < 4.78 is 19.5. The van der Waals surface area contributed by atoms with E-state index in [0.717, 1.165) is 29.7 Å². The SMILES string of the molecule is N#Cc1cnc2c(Cl)cc(N[C@H](C3=CN(C4CCN(C(=O)OCc5ccccc5)CC4)NN3)c3ccc(Cl)cc3)cc2c1Nc1ccc(F)c(Cl)c1. The molecule has 264 valence electrons. The van der Waals surface area contributed by atoms with E-state index in [9.17, 15) is 14.4 Å². The molecule has 3 heterocycles. The van der Waals surface area contributed by atoms with Gasteiger partial charge in [0.15, 0.2) is 0 Å². The first-order chi connectivity index (χ1) is 25.2. The zero-order chi connectivity index (χ0) is 36.2. The smallest absolute Gasteiger partial charge is 0.410 e. The van der Waals surface area contributed by atoms with Crippen molar-refractivity contribution in [3.8, 4) is 6.07 Å². The molecule has 1 aromatic heterocycles. The summed E-state index contributed by atoms with van der Waals surface area (Å²) in [6.45, 7) is 1.36. The third-order valence-electron chi connectivity index (χ3n) is 8.99. The Morgan fingerprint density at radius 2 is 1.75 bits per heavy atom. The van der Waals surface area contributed by atoms with Crippen LogP contribution >= 0.6 is 34.8 Å². The van der Waals surface area contributed by atoms with Crippen molar-refractivity contribution in [2.24, 2.45) is 0 Å². The van der Waals surface area contributed by atoms with Crippen LogP contribution in [0.4, 0.5) is 26.2 Å². The molecule has 0 unspecified atom stereocenters. The molecule has 2 aliphatic heterocycles. The second kappa shape index (κ2) is 15.6. The minimum absolute atomic E-state index is 0.0556. The minimum Gasteiger partial charge on any atom is -0.445 e. The Morgan fingerprint density at radius 3 is 2.48 bits per heavy atom. The summed E-state index contributed by atoms with van der Waals surface area (Å²) in [5, 5.41) is 20.3. The third-order valence-corrected chi connectivity index (χ3v) is 9.82. The van der Waals surface area contributed by atoms with Crippen molar-refractivity contribution in [1.82, 2.24) is 25.9 Å². The number of aromatic nitrogens is 1. The lowest BCUT2D eigenvalue weighted by atomic mass is 10.0. The summed E-state index contributed by atoms with van der Waals surface area (Å²) in [5.74, 6) is -0.553. The predicted molar refractivity (Wildman–Crippen MR) is 201 cm³/mol. The number of carbonyl (C=O) groups is 1. The highest BCUT2D eigenvalue weighted by molar-refractivity contribution is 6.36. The molecule has 0 radical (unpaired) electrons. The molecule has 7 rings (SSSR count). The molecule has 5 aromatic rings. The lowest BCUT2D eigenvalue weighted by Crippen LogP contribution is -2.49. The third kappa shape index (κ3) is 7.81. The number of nitriles is 1. The fourth-order valence-electron chi connectivity index (χ4n) is 6.27. The van der Waals surface area contributed by atoms with E-state index < -0.39 is 11.9 Å². The number of benzene rings is 4. The highest BCUT2D eigenvalue weighted by atomic mass is 35.5. The molecule has 10 nitrogen and oxygen atoms in total. The van der Waals surface area contributed by atoms with Crippen LogP contribution in [-0.2, 0) is 11.3 Å². The van der Waals surface area contributed by atoms with Gasteiger partial charge in [-0.3, -0.25) is 9.99 Å². The maximum absolute atomic E-state index is 13.9. The first kappa shape index (κ1) is 35.2. The van der Waals surface area contributed by atoms with Gasteiger partial charge in [-0.05, 0) is 66.4 Å². The Kier molecular flexibility index (Phi) is 10.5. The van der Waals surface area contributed by atoms with E-state index in [0.29, 0.717) is 51.1 Å². The standard InChI is InChI=1S/C38H32Cl3FN8O2/c39-26-8-6-24(7-9-26)36(34-21-50(48-47-34)29-12-14-49(15-13-29)38(51)52-22-23-4-2-1-3-5-23)46-28-16-30-35(45-27-10-11-33(42)31(40)17-27)25(19-43)20-44-37(30)32(41)18-28/h1-11,16-18,20-21,29,36,46-48H,12-15,22H2,(H,44,45)/t36-/m0/s1. The van der Waals surface area contributed by atoms with Gasteiger partial charge in [0, 0.05) is 53.3 Å². The first-order valence-electron chi connectivity index (χ1n) is 16.5. The van der Waals surface area contributed by atoms with Crippen molar-refractivity contribution in [1.29, 1.82) is 5.26 Å². The Bertz CT molecular complexity index is 2170. The Hall–Kier alpha value is -5.25. The van der Waals surface area contributed by atoms with E-state index in [2.05, 4.69) is 32.6 Å². The molecule has 4 N–H and O–H groups in total. The molecule has 1 atom stereocenters. The van der Waals surface area contributed by atoms with Gasteiger partial charge in [-0.25, -0.2) is 9.18 Å². The van der Waals surface area contributed by atoms with Crippen molar-refractivity contribution in [2.75, 3.05) is 23.7 Å². The number of pyridine rings is 1. The predicted octanol–water partition coefficient (Wildman–Crippen LogP) is 9.07. The van der Waals surface area contributed by atoms with E-state index >= 15 is 0 Å². The van der Waals surface area contributed by atoms with Crippen LogP contribution in [0.3, 0.4) is 0 Å². The number of amides is 1. The average molecular weight is 758 g/mol. The van der Waals surface area contributed by atoms with Crippen LogP contribution in [0.15, 0.2) is 103 Å². The van der Waals surface area contributed by atoms with Gasteiger partial charge in [-0.1, -0.05) is 77.3 Å². The lowest BCUT2D eigenvalue weighted by Gasteiger charge is -2.35. The van der Waals surface area contributed by atoms with Gasteiger partial charge in [-0.15, -0.1) is 5.53 Å². The molecule has 1 saturated heterocycles. The van der Waals surface area contributed by atoms with Crippen molar-refractivity contribution in [3.63, 3.8) is 0 Å². The molecule has 0 aliphatic carbocycles. The second-order valence-corrected chi connectivity index (χ2v) is 13.6. The molecule has 4 aromatic carbocycles. The zero-order valence-electron chi connectivity index (χ0n) is 27.5. The van der Waals surface area contributed by atoms with Gasteiger partial charge in [-0.2, -0.15) is 5.26 Å². The maximum atomic E-state index is 13.9. The van der Waals surface area contributed by atoms with E-state index in [1.54, 1.807) is 11.0 Å². The number of hydrazine groups is 2. The van der Waals surface area contributed by atoms with Crippen LogP contribution in [-0.4, -0.2) is 40.1 Å². The molecule has 2 aliphatic rings. The number of ether oxygens (including phenoxy) is 1. The van der Waals surface area contributed by atoms with E-state index in [-0.39, 0.29) is 29.3 Å². The van der Waals surface area contributed by atoms with Gasteiger partial charge in [0.05, 0.1) is 38.6 Å². The number of piperidine rings is 1. The van der Waals surface area contributed by atoms with Crippen LogP contribution in [0.2, 0.25) is 15.1 Å². The lowest BCUT2D eigenvalue weighted by molar-refractivity contribution is 0.0681. The van der Waals surface area contributed by atoms with Gasteiger partial charge >= 0.3 is 6.09 Å². The first-order valence-corrected chi connectivity index (χ1v) is 17.6. The summed E-state index contributed by atoms with van der Waals surface area (Å²) in [5.41, 5.74) is 11.6. The average Bonchev–Trinajstić information content (AvgIpc) is 3.66. The van der Waals surface area contributed by atoms with Gasteiger partial charge in [0.2, 0.25) is 0 Å². The number of hydrogen-bond donors (Lipinski definition) is 4. The van der Waals surface area contributed by atoms with Crippen LogP contribution in [0, 0.1) is 17.1 Å². The number of fused-ring (bicyclic) bond motifs is 1. The minimum atomic E-state index is -0.553. The largest absolute Gasteiger partial charge is 0.445 e. The summed E-state index contributed by atoms with van der Waals surface area (Å²) in [6.07, 6.45) is 4.62. The second-order valence-electron chi connectivity index (χ2n) is 12.4. The Morgan fingerprint density at radius 1 is 1.00 bits per heavy atom. The van der Waals surface area contributed by atoms with Crippen molar-refractivity contribution in [2.45, 2.75) is 31.5 Å². The van der Waals surface area contributed by atoms with Crippen LogP contribution in [0.5, 0.6) is 0 Å². The molecule has 1 amide bonds. The molecule has 0 bridgehead atoms.